The van der Waals surface area contributed by atoms with Gasteiger partial charge in [0, 0.05) is 12.1 Å². The minimum Gasteiger partial charge on any atom is -0.494 e. The predicted molar refractivity (Wildman–Crippen MR) is 111 cm³/mol. The lowest BCUT2D eigenvalue weighted by atomic mass is 10.1. The van der Waals surface area contributed by atoms with E-state index in [-0.39, 0.29) is 0 Å². The van der Waals surface area contributed by atoms with Gasteiger partial charge >= 0.3 is 0 Å². The topological polar surface area (TPSA) is 27.1 Å². The molecule has 0 atom stereocenters. The molecule has 0 fully saturated rings. The normalized spacial score (nSPS) is 11.0. The van der Waals surface area contributed by atoms with Gasteiger partial charge in [0.2, 0.25) is 0 Å². The van der Waals surface area contributed by atoms with Crippen LogP contribution in [0, 0.1) is 6.92 Å². The smallest absolute Gasteiger partial charge is 0.146 e. The van der Waals surface area contributed by atoms with Crippen molar-refractivity contribution in [1.82, 2.24) is 9.55 Å². The summed E-state index contributed by atoms with van der Waals surface area (Å²) in [6, 6.07) is 25.2. The maximum Gasteiger partial charge on any atom is 0.146 e. The Bertz CT molecular complexity index is 1050. The van der Waals surface area contributed by atoms with Gasteiger partial charge in [-0.3, -0.25) is 0 Å². The van der Waals surface area contributed by atoms with Gasteiger partial charge < -0.3 is 9.30 Å². The second kappa shape index (κ2) is 7.67. The third-order valence-electron chi connectivity index (χ3n) is 5.04. The summed E-state index contributed by atoms with van der Waals surface area (Å²) in [5.74, 6) is 1.84. The van der Waals surface area contributed by atoms with E-state index < -0.39 is 0 Å². The molecule has 0 saturated carbocycles. The number of fused-ring (bicyclic) bond motifs is 1. The predicted octanol–water partition coefficient (Wildman–Crippen LogP) is 5.65. The van der Waals surface area contributed by atoms with Crippen molar-refractivity contribution in [2.24, 2.45) is 0 Å². The molecular formula is C24H24N2O. The second-order valence-corrected chi connectivity index (χ2v) is 6.82. The van der Waals surface area contributed by atoms with E-state index in [4.69, 9.17) is 9.72 Å². The molecule has 0 unspecified atom stereocenters. The summed E-state index contributed by atoms with van der Waals surface area (Å²) in [4.78, 5) is 4.98. The average molecular weight is 356 g/mol. The first-order valence-corrected chi connectivity index (χ1v) is 9.41. The van der Waals surface area contributed by atoms with Crippen molar-refractivity contribution < 1.29 is 4.74 Å². The number of hydrogen-bond donors (Lipinski definition) is 0. The molecule has 27 heavy (non-hydrogen) atoms. The Hall–Kier alpha value is -3.07. The summed E-state index contributed by atoms with van der Waals surface area (Å²) in [7, 11) is 1.70. The number of methoxy groups -OCH3 is 1. The van der Waals surface area contributed by atoms with Gasteiger partial charge in [0.15, 0.2) is 0 Å². The highest BCUT2D eigenvalue weighted by atomic mass is 16.5. The number of imidazole rings is 1. The van der Waals surface area contributed by atoms with Crippen molar-refractivity contribution in [2.75, 3.05) is 7.11 Å². The summed E-state index contributed by atoms with van der Waals surface area (Å²) in [6.07, 6.45) is 2.11. The van der Waals surface area contributed by atoms with Crippen LogP contribution >= 0.6 is 0 Å². The van der Waals surface area contributed by atoms with E-state index in [1.165, 1.54) is 16.7 Å². The van der Waals surface area contributed by atoms with Gasteiger partial charge in [-0.25, -0.2) is 4.98 Å². The van der Waals surface area contributed by atoms with Crippen molar-refractivity contribution in [3.8, 4) is 17.1 Å². The summed E-state index contributed by atoms with van der Waals surface area (Å²) in [6.45, 7) is 3.06. The number of nitrogens with zero attached hydrogens (tertiary/aromatic N) is 2. The van der Waals surface area contributed by atoms with Crippen molar-refractivity contribution in [3.63, 3.8) is 0 Å². The molecule has 3 heteroatoms. The second-order valence-electron chi connectivity index (χ2n) is 6.82. The number of aromatic nitrogens is 2. The van der Waals surface area contributed by atoms with Gasteiger partial charge in [0.05, 0.1) is 12.6 Å². The summed E-state index contributed by atoms with van der Waals surface area (Å²) in [5.41, 5.74) is 5.84. The van der Waals surface area contributed by atoms with Gasteiger partial charge in [0.25, 0.3) is 0 Å². The summed E-state index contributed by atoms with van der Waals surface area (Å²) >= 11 is 0. The van der Waals surface area contributed by atoms with Crippen molar-refractivity contribution in [2.45, 2.75) is 26.3 Å². The molecule has 4 rings (SSSR count). The van der Waals surface area contributed by atoms with Crippen LogP contribution < -0.4 is 4.74 Å². The van der Waals surface area contributed by atoms with Crippen LogP contribution in [0.4, 0.5) is 0 Å². The van der Waals surface area contributed by atoms with Crippen LogP contribution in [0.2, 0.25) is 0 Å². The molecule has 0 aliphatic carbocycles. The van der Waals surface area contributed by atoms with Gasteiger partial charge in [-0.1, -0.05) is 60.7 Å². The van der Waals surface area contributed by atoms with Crippen molar-refractivity contribution in [3.05, 3.63) is 83.9 Å². The van der Waals surface area contributed by atoms with Gasteiger partial charge in [-0.15, -0.1) is 0 Å². The Morgan fingerprint density at radius 1 is 0.889 bits per heavy atom. The van der Waals surface area contributed by atoms with E-state index in [9.17, 15) is 0 Å². The Kier molecular flexibility index (Phi) is 4.93. The summed E-state index contributed by atoms with van der Waals surface area (Å²) in [5, 5.41) is 0. The molecule has 0 N–H and O–H groups in total. The molecule has 136 valence electrons. The van der Waals surface area contributed by atoms with E-state index in [0.717, 1.165) is 42.0 Å². The highest BCUT2D eigenvalue weighted by Crippen LogP contribution is 2.32. The summed E-state index contributed by atoms with van der Waals surface area (Å²) < 4.78 is 7.90. The molecule has 0 saturated heterocycles. The lowest BCUT2D eigenvalue weighted by molar-refractivity contribution is 0.419. The molecule has 4 aromatic rings. The molecule has 1 aromatic heterocycles. The fourth-order valence-electron chi connectivity index (χ4n) is 3.63. The quantitative estimate of drug-likeness (QED) is 0.446. The lowest BCUT2D eigenvalue weighted by Gasteiger charge is -2.11. The van der Waals surface area contributed by atoms with Crippen LogP contribution in [-0.2, 0) is 13.0 Å². The minimum absolute atomic E-state index is 0.823. The zero-order valence-electron chi connectivity index (χ0n) is 15.9. The Morgan fingerprint density at radius 2 is 1.67 bits per heavy atom. The molecule has 3 nitrogen and oxygen atoms in total. The largest absolute Gasteiger partial charge is 0.494 e. The number of hydrogen-bond acceptors (Lipinski definition) is 2. The fraction of sp³-hybridized carbons (Fsp3) is 0.208. The zero-order chi connectivity index (χ0) is 18.6. The Labute approximate surface area is 160 Å². The van der Waals surface area contributed by atoms with E-state index in [2.05, 4.69) is 72.2 Å². The minimum atomic E-state index is 0.823. The molecule has 1 heterocycles. The Morgan fingerprint density at radius 3 is 2.44 bits per heavy atom. The first-order chi connectivity index (χ1) is 13.3. The van der Waals surface area contributed by atoms with Crippen LogP contribution in [0.25, 0.3) is 22.4 Å². The van der Waals surface area contributed by atoms with Crippen molar-refractivity contribution >= 4 is 11.0 Å². The van der Waals surface area contributed by atoms with Crippen molar-refractivity contribution in [1.29, 1.82) is 0 Å². The molecule has 0 spiro atoms. The standard InChI is InChI=1S/C24H24N2O/c1-18-10-6-7-14-20(18)24-25-23-21(15-8-16-22(23)27-2)26(24)17-9-13-19-11-4-3-5-12-19/h3-8,10-12,14-16H,9,13,17H2,1-2H3. The molecule has 0 bridgehead atoms. The highest BCUT2D eigenvalue weighted by Gasteiger charge is 2.16. The molecule has 3 aromatic carbocycles. The molecule has 0 aliphatic rings. The number of ether oxygens (including phenoxy) is 1. The van der Waals surface area contributed by atoms with Gasteiger partial charge in [-0.05, 0) is 43.0 Å². The monoisotopic (exact) mass is 356 g/mol. The highest BCUT2D eigenvalue weighted by molar-refractivity contribution is 5.86. The zero-order valence-corrected chi connectivity index (χ0v) is 15.9. The number of aryl methyl sites for hydroxylation is 3. The average Bonchev–Trinajstić information content (AvgIpc) is 3.08. The fourth-order valence-corrected chi connectivity index (χ4v) is 3.63. The number of benzene rings is 3. The maximum atomic E-state index is 5.56. The van der Waals surface area contributed by atoms with E-state index in [0.29, 0.717) is 0 Å². The van der Waals surface area contributed by atoms with Gasteiger partial charge in [-0.2, -0.15) is 0 Å². The van der Waals surface area contributed by atoms with Crippen LogP contribution in [0.1, 0.15) is 17.5 Å². The maximum absolute atomic E-state index is 5.56. The van der Waals surface area contributed by atoms with E-state index in [1.54, 1.807) is 7.11 Å². The Balaban J connectivity index is 1.75. The lowest BCUT2D eigenvalue weighted by Crippen LogP contribution is -2.03. The van der Waals surface area contributed by atoms with Crippen LogP contribution in [0.15, 0.2) is 72.8 Å². The number of rotatable bonds is 6. The SMILES string of the molecule is COc1cccc2c1nc(-c1ccccc1C)n2CCCc1ccccc1. The molecule has 0 amide bonds. The van der Waals surface area contributed by atoms with Crippen LogP contribution in [0.5, 0.6) is 5.75 Å². The van der Waals surface area contributed by atoms with Gasteiger partial charge in [0.1, 0.15) is 17.1 Å². The van der Waals surface area contributed by atoms with Crippen LogP contribution in [-0.4, -0.2) is 16.7 Å². The molecule has 0 aliphatic heterocycles. The van der Waals surface area contributed by atoms with E-state index >= 15 is 0 Å². The van der Waals surface area contributed by atoms with E-state index in [1.807, 2.05) is 12.1 Å². The number of para-hydroxylation sites is 1. The van der Waals surface area contributed by atoms with Crippen LogP contribution in [0.3, 0.4) is 0 Å². The molecular weight excluding hydrogens is 332 g/mol. The molecule has 0 radical (unpaired) electrons. The third-order valence-corrected chi connectivity index (χ3v) is 5.04. The first kappa shape index (κ1) is 17.3. The first-order valence-electron chi connectivity index (χ1n) is 9.41. The third kappa shape index (κ3) is 3.45.